The molecule has 1 aromatic carbocycles. The molecular formula is C19H20BrN5O2S. The maximum absolute atomic E-state index is 12.8. The van der Waals surface area contributed by atoms with Gasteiger partial charge >= 0.3 is 0 Å². The highest BCUT2D eigenvalue weighted by molar-refractivity contribution is 9.10. The van der Waals surface area contributed by atoms with Crippen LogP contribution in [0.3, 0.4) is 0 Å². The van der Waals surface area contributed by atoms with Crippen LogP contribution in [0.4, 0.5) is 5.13 Å². The van der Waals surface area contributed by atoms with E-state index in [2.05, 4.69) is 43.2 Å². The third-order valence-electron chi connectivity index (χ3n) is 4.80. The summed E-state index contributed by atoms with van der Waals surface area (Å²) in [7, 11) is 0. The van der Waals surface area contributed by atoms with Crippen molar-refractivity contribution < 1.29 is 4.79 Å². The standard InChI is InChI=1S/C19H20BrN5O2S/c1-12-5-4-8-24(11-12)19-23-25-15(9-16(26)22-18(25)28-19)17(27)21-10-13-6-2-3-7-14(13)20/h2-3,6-7,9,12H,4-5,8,10-11H2,1H3,(H,21,27). The Labute approximate surface area is 174 Å². The van der Waals surface area contributed by atoms with Crippen LogP contribution in [0.25, 0.3) is 4.96 Å². The molecule has 1 saturated heterocycles. The number of nitrogens with one attached hydrogen (secondary N) is 1. The van der Waals surface area contributed by atoms with Crippen LogP contribution in [0.1, 0.15) is 35.8 Å². The molecule has 9 heteroatoms. The monoisotopic (exact) mass is 461 g/mol. The topological polar surface area (TPSA) is 79.6 Å². The highest BCUT2D eigenvalue weighted by atomic mass is 79.9. The number of piperidine rings is 1. The van der Waals surface area contributed by atoms with E-state index in [1.807, 2.05) is 24.3 Å². The van der Waals surface area contributed by atoms with Gasteiger partial charge < -0.3 is 10.2 Å². The number of anilines is 1. The lowest BCUT2D eigenvalue weighted by Crippen LogP contribution is -2.34. The van der Waals surface area contributed by atoms with Gasteiger partial charge in [0.2, 0.25) is 10.1 Å². The molecule has 0 saturated carbocycles. The van der Waals surface area contributed by atoms with Gasteiger partial charge in [-0.3, -0.25) is 9.59 Å². The first-order valence-electron chi connectivity index (χ1n) is 9.19. The van der Waals surface area contributed by atoms with Crippen LogP contribution in [0.2, 0.25) is 0 Å². The van der Waals surface area contributed by atoms with Gasteiger partial charge in [0.05, 0.1) is 0 Å². The van der Waals surface area contributed by atoms with Gasteiger partial charge in [-0.1, -0.05) is 52.4 Å². The first-order valence-corrected chi connectivity index (χ1v) is 10.8. The van der Waals surface area contributed by atoms with Crippen LogP contribution in [0, 0.1) is 5.92 Å². The Balaban J connectivity index is 1.61. The van der Waals surface area contributed by atoms with Crippen molar-refractivity contribution in [1.29, 1.82) is 0 Å². The molecule has 2 aromatic heterocycles. The largest absolute Gasteiger partial charge is 0.347 e. The second kappa shape index (κ2) is 8.00. The summed E-state index contributed by atoms with van der Waals surface area (Å²) in [5.41, 5.74) is 0.720. The lowest BCUT2D eigenvalue weighted by molar-refractivity contribution is 0.0943. The second-order valence-corrected chi connectivity index (χ2v) is 8.81. The number of carbonyl (C=O) groups is 1. The minimum absolute atomic E-state index is 0.203. The maximum Gasteiger partial charge on any atom is 0.274 e. The van der Waals surface area contributed by atoms with Gasteiger partial charge in [0.1, 0.15) is 5.69 Å². The van der Waals surface area contributed by atoms with Crippen molar-refractivity contribution in [3.8, 4) is 0 Å². The molecule has 0 spiro atoms. The van der Waals surface area contributed by atoms with E-state index in [0.29, 0.717) is 17.4 Å². The summed E-state index contributed by atoms with van der Waals surface area (Å²) < 4.78 is 2.40. The van der Waals surface area contributed by atoms with E-state index in [1.165, 1.54) is 28.3 Å². The molecule has 3 heterocycles. The summed E-state index contributed by atoms with van der Waals surface area (Å²) in [5.74, 6) is 0.245. The third kappa shape index (κ3) is 3.95. The Kier molecular flexibility index (Phi) is 5.45. The van der Waals surface area contributed by atoms with E-state index in [0.717, 1.165) is 34.7 Å². The first kappa shape index (κ1) is 19.1. The van der Waals surface area contributed by atoms with E-state index in [1.54, 1.807) is 0 Å². The molecule has 28 heavy (non-hydrogen) atoms. The fourth-order valence-electron chi connectivity index (χ4n) is 3.37. The van der Waals surface area contributed by atoms with Crippen LogP contribution in [0.5, 0.6) is 0 Å². The number of hydrogen-bond donors (Lipinski definition) is 1. The van der Waals surface area contributed by atoms with Crippen molar-refractivity contribution in [2.24, 2.45) is 5.92 Å². The normalized spacial score (nSPS) is 17.1. The number of fused-ring (bicyclic) bond motifs is 1. The van der Waals surface area contributed by atoms with Crippen molar-refractivity contribution in [2.75, 3.05) is 18.0 Å². The number of halogens is 1. The van der Waals surface area contributed by atoms with Crippen LogP contribution < -0.4 is 15.8 Å². The predicted molar refractivity (Wildman–Crippen MR) is 113 cm³/mol. The average molecular weight is 462 g/mol. The van der Waals surface area contributed by atoms with E-state index < -0.39 is 5.56 Å². The Morgan fingerprint density at radius 2 is 2.21 bits per heavy atom. The van der Waals surface area contributed by atoms with Gasteiger partial charge in [0, 0.05) is 30.2 Å². The lowest BCUT2D eigenvalue weighted by atomic mass is 10.0. The quantitative estimate of drug-likeness (QED) is 0.645. The molecule has 1 unspecified atom stereocenters. The molecule has 0 bridgehead atoms. The smallest absolute Gasteiger partial charge is 0.274 e. The number of benzene rings is 1. The Morgan fingerprint density at radius 1 is 1.39 bits per heavy atom. The molecule has 7 nitrogen and oxygen atoms in total. The molecule has 1 aliphatic rings. The van der Waals surface area contributed by atoms with E-state index in [9.17, 15) is 9.59 Å². The fourth-order valence-corrected chi connectivity index (χ4v) is 4.73. The van der Waals surface area contributed by atoms with Gasteiger partial charge in [-0.15, -0.1) is 5.10 Å². The van der Waals surface area contributed by atoms with Crippen molar-refractivity contribution in [1.82, 2.24) is 19.9 Å². The molecular weight excluding hydrogens is 442 g/mol. The van der Waals surface area contributed by atoms with Crippen LogP contribution in [-0.4, -0.2) is 33.6 Å². The molecule has 1 atom stereocenters. The van der Waals surface area contributed by atoms with Crippen molar-refractivity contribution in [2.45, 2.75) is 26.3 Å². The summed E-state index contributed by atoms with van der Waals surface area (Å²) in [4.78, 5) is 31.5. The zero-order valence-corrected chi connectivity index (χ0v) is 17.8. The number of rotatable bonds is 4. The zero-order chi connectivity index (χ0) is 19.7. The van der Waals surface area contributed by atoms with Crippen molar-refractivity contribution >= 4 is 43.3 Å². The lowest BCUT2D eigenvalue weighted by Gasteiger charge is -2.30. The van der Waals surface area contributed by atoms with Gasteiger partial charge in [0.25, 0.3) is 11.5 Å². The molecule has 0 radical (unpaired) electrons. The molecule has 1 fully saturated rings. The van der Waals surface area contributed by atoms with Crippen molar-refractivity contribution in [3.63, 3.8) is 0 Å². The van der Waals surface area contributed by atoms with Gasteiger partial charge in [-0.25, -0.2) is 0 Å². The van der Waals surface area contributed by atoms with E-state index in [4.69, 9.17) is 0 Å². The SMILES string of the molecule is CC1CCCN(c2nn3c(C(=O)NCc4ccccc4Br)cc(=O)nc3s2)C1. The predicted octanol–water partition coefficient (Wildman–Crippen LogP) is 3.08. The van der Waals surface area contributed by atoms with Crippen LogP contribution in [-0.2, 0) is 6.54 Å². The minimum Gasteiger partial charge on any atom is -0.347 e. The van der Waals surface area contributed by atoms with E-state index >= 15 is 0 Å². The Morgan fingerprint density at radius 3 is 3.00 bits per heavy atom. The summed E-state index contributed by atoms with van der Waals surface area (Å²) in [6.07, 6.45) is 2.32. The Hall–Kier alpha value is -2.26. The summed E-state index contributed by atoms with van der Waals surface area (Å²) >= 11 is 4.82. The van der Waals surface area contributed by atoms with Gasteiger partial charge in [-0.2, -0.15) is 9.50 Å². The number of aromatic nitrogens is 3. The third-order valence-corrected chi connectivity index (χ3v) is 6.54. The molecule has 1 aliphatic heterocycles. The Bertz CT molecular complexity index is 1080. The first-order chi connectivity index (χ1) is 13.5. The van der Waals surface area contributed by atoms with Gasteiger partial charge in [-0.05, 0) is 30.4 Å². The number of hydrogen-bond acceptors (Lipinski definition) is 6. The maximum atomic E-state index is 12.8. The number of amides is 1. The molecule has 4 rings (SSSR count). The van der Waals surface area contributed by atoms with Crippen LogP contribution in [0.15, 0.2) is 39.6 Å². The van der Waals surface area contributed by atoms with Crippen molar-refractivity contribution in [3.05, 3.63) is 56.4 Å². The second-order valence-electron chi connectivity index (χ2n) is 7.03. The number of carbonyl (C=O) groups excluding carboxylic acids is 1. The molecule has 146 valence electrons. The fraction of sp³-hybridized carbons (Fsp3) is 0.368. The highest BCUT2D eigenvalue weighted by Crippen LogP contribution is 2.27. The number of nitrogens with zero attached hydrogens (tertiary/aromatic N) is 4. The van der Waals surface area contributed by atoms with Gasteiger partial charge in [0.15, 0.2) is 0 Å². The molecule has 3 aromatic rings. The zero-order valence-electron chi connectivity index (χ0n) is 15.4. The summed E-state index contributed by atoms with van der Waals surface area (Å²) in [6, 6.07) is 8.91. The van der Waals surface area contributed by atoms with E-state index in [-0.39, 0.29) is 11.6 Å². The molecule has 0 aliphatic carbocycles. The van der Waals surface area contributed by atoms with Crippen LogP contribution >= 0.6 is 27.3 Å². The summed E-state index contributed by atoms with van der Waals surface area (Å²) in [6.45, 7) is 4.42. The molecule has 1 amide bonds. The summed E-state index contributed by atoms with van der Waals surface area (Å²) in [5, 5.41) is 8.26. The highest BCUT2D eigenvalue weighted by Gasteiger charge is 2.22. The minimum atomic E-state index is -0.437. The molecule has 1 N–H and O–H groups in total. The average Bonchev–Trinajstić information content (AvgIpc) is 3.10.